The summed E-state index contributed by atoms with van der Waals surface area (Å²) in [5, 5.41) is 13.5. The molecule has 9 heteroatoms. The number of allylic oxidation sites excluding steroid dienone is 12. The largest absolute Gasteiger partial charge is 0.472 e. The molecule has 0 aromatic heterocycles. The van der Waals surface area contributed by atoms with Crippen molar-refractivity contribution >= 4 is 13.7 Å². The Bertz CT molecular complexity index is 1010. The molecule has 3 unspecified atom stereocenters. The van der Waals surface area contributed by atoms with E-state index in [9.17, 15) is 19.4 Å². The van der Waals surface area contributed by atoms with Gasteiger partial charge in [0.05, 0.1) is 39.9 Å². The second-order valence-electron chi connectivity index (χ2n) is 11.8. The van der Waals surface area contributed by atoms with E-state index in [4.69, 9.17) is 9.05 Å². The fourth-order valence-electron chi connectivity index (χ4n) is 3.69. The molecule has 0 aliphatic carbocycles. The van der Waals surface area contributed by atoms with Crippen LogP contribution in [-0.2, 0) is 18.4 Å². The smallest absolute Gasteiger partial charge is 0.387 e. The minimum Gasteiger partial charge on any atom is -0.387 e. The summed E-state index contributed by atoms with van der Waals surface area (Å²) in [6.45, 7) is 4.46. The minimum absolute atomic E-state index is 0.0343. The van der Waals surface area contributed by atoms with Gasteiger partial charge < -0.3 is 19.8 Å². The highest BCUT2D eigenvalue weighted by atomic mass is 31.2. The fraction of sp³-hybridized carbons (Fsp3) is 0.583. The summed E-state index contributed by atoms with van der Waals surface area (Å²) in [7, 11) is 1.47. The standard InChI is InChI=1S/C36H61N2O6P/c1-6-8-10-12-14-16-17-18-19-20-21-22-24-26-28-30-36(40)37-34(33-44-45(41,42)43-32-31-38(3,4)5)35(39)29-27-25-23-15-13-11-9-7-2/h8,10,13-16,18-19,21-22,26-29,34-35,39H,6-7,9,11-12,17,20,23-25,30-33H2,1-5H3,(H-,37,40,41,42)/p+1/b10-8-,15-13+,16-14-,19-18-,22-21-,28-26-,29-27+. The summed E-state index contributed by atoms with van der Waals surface area (Å²) >= 11 is 0. The molecule has 0 radical (unpaired) electrons. The van der Waals surface area contributed by atoms with Crippen LogP contribution in [0.15, 0.2) is 85.1 Å². The van der Waals surface area contributed by atoms with Crippen molar-refractivity contribution in [2.45, 2.75) is 96.6 Å². The number of nitrogens with zero attached hydrogens (tertiary/aromatic N) is 1. The Kier molecular flexibility index (Phi) is 26.5. The van der Waals surface area contributed by atoms with Gasteiger partial charge in [0.15, 0.2) is 0 Å². The molecule has 3 N–H and O–H groups in total. The van der Waals surface area contributed by atoms with Crippen molar-refractivity contribution in [3.63, 3.8) is 0 Å². The maximum Gasteiger partial charge on any atom is 0.472 e. The van der Waals surface area contributed by atoms with Gasteiger partial charge in [0, 0.05) is 6.42 Å². The number of likely N-dealkylation sites (N-methyl/N-ethyl adjacent to an activating group) is 1. The number of quaternary nitrogens is 1. The lowest BCUT2D eigenvalue weighted by molar-refractivity contribution is -0.870. The molecular weight excluding hydrogens is 587 g/mol. The van der Waals surface area contributed by atoms with Crippen LogP contribution in [0.4, 0.5) is 0 Å². The Morgan fingerprint density at radius 3 is 1.87 bits per heavy atom. The molecule has 0 heterocycles. The molecule has 0 aliphatic heterocycles. The fourth-order valence-corrected chi connectivity index (χ4v) is 4.43. The van der Waals surface area contributed by atoms with Crippen LogP contribution < -0.4 is 5.32 Å². The number of amides is 1. The first kappa shape index (κ1) is 42.7. The Balaban J connectivity index is 4.80. The molecule has 0 saturated carbocycles. The molecule has 0 fully saturated rings. The Morgan fingerprint density at radius 1 is 0.778 bits per heavy atom. The van der Waals surface area contributed by atoms with E-state index in [0.717, 1.165) is 51.4 Å². The summed E-state index contributed by atoms with van der Waals surface area (Å²) in [5.74, 6) is -0.324. The van der Waals surface area contributed by atoms with Crippen molar-refractivity contribution in [2.24, 2.45) is 0 Å². The molecule has 0 spiro atoms. The Labute approximate surface area is 274 Å². The van der Waals surface area contributed by atoms with E-state index >= 15 is 0 Å². The summed E-state index contributed by atoms with van der Waals surface area (Å²) in [4.78, 5) is 22.8. The first-order valence-electron chi connectivity index (χ1n) is 16.5. The number of unbranched alkanes of at least 4 members (excludes halogenated alkanes) is 3. The van der Waals surface area contributed by atoms with Crippen molar-refractivity contribution in [3.05, 3.63) is 85.1 Å². The van der Waals surface area contributed by atoms with Gasteiger partial charge in [0.1, 0.15) is 13.2 Å². The number of aliphatic hydroxyl groups excluding tert-OH is 1. The molecule has 256 valence electrons. The number of carbonyl (C=O) groups is 1. The van der Waals surface area contributed by atoms with Crippen LogP contribution in [-0.4, -0.2) is 73.4 Å². The second kappa shape index (κ2) is 27.9. The van der Waals surface area contributed by atoms with Gasteiger partial charge in [-0.25, -0.2) is 4.57 Å². The predicted molar refractivity (Wildman–Crippen MR) is 189 cm³/mol. The number of phosphoric acid groups is 1. The number of hydrogen-bond donors (Lipinski definition) is 3. The third kappa shape index (κ3) is 30.1. The first-order chi connectivity index (χ1) is 21.5. The molecule has 0 rings (SSSR count). The number of rotatable bonds is 27. The topological polar surface area (TPSA) is 105 Å². The highest BCUT2D eigenvalue weighted by molar-refractivity contribution is 7.47. The second-order valence-corrected chi connectivity index (χ2v) is 13.3. The molecule has 45 heavy (non-hydrogen) atoms. The number of hydrogen-bond acceptors (Lipinski definition) is 5. The van der Waals surface area contributed by atoms with Gasteiger partial charge in [-0.3, -0.25) is 13.8 Å². The summed E-state index contributed by atoms with van der Waals surface area (Å²) in [5.41, 5.74) is 0. The van der Waals surface area contributed by atoms with Gasteiger partial charge in [-0.2, -0.15) is 0 Å². The van der Waals surface area contributed by atoms with Crippen LogP contribution in [0, 0.1) is 0 Å². The van der Waals surface area contributed by atoms with Crippen LogP contribution in [0.25, 0.3) is 0 Å². The van der Waals surface area contributed by atoms with Crippen molar-refractivity contribution in [2.75, 3.05) is 40.9 Å². The molecular formula is C36H62N2O6P+. The van der Waals surface area contributed by atoms with Crippen molar-refractivity contribution in [3.8, 4) is 0 Å². The zero-order valence-electron chi connectivity index (χ0n) is 28.6. The molecule has 0 aromatic carbocycles. The van der Waals surface area contributed by atoms with Crippen molar-refractivity contribution in [1.29, 1.82) is 0 Å². The van der Waals surface area contributed by atoms with Gasteiger partial charge in [-0.05, 0) is 51.4 Å². The minimum atomic E-state index is -4.36. The van der Waals surface area contributed by atoms with Gasteiger partial charge in [-0.15, -0.1) is 0 Å². The third-order valence-electron chi connectivity index (χ3n) is 6.38. The summed E-state index contributed by atoms with van der Waals surface area (Å²) in [6.07, 6.45) is 37.0. The SMILES string of the molecule is CC/C=C\C/C=C\C/C=C\C/C=C\C/C=C\CC(=O)NC(COP(=O)(O)OCC[N+](C)(C)C)C(O)/C=C/CC/C=C/CCCC. The van der Waals surface area contributed by atoms with E-state index in [1.54, 1.807) is 12.2 Å². The number of phosphoric ester groups is 1. The van der Waals surface area contributed by atoms with Crippen molar-refractivity contribution in [1.82, 2.24) is 5.32 Å². The predicted octanol–water partition coefficient (Wildman–Crippen LogP) is 7.90. The molecule has 0 bridgehead atoms. The van der Waals surface area contributed by atoms with Gasteiger partial charge >= 0.3 is 7.82 Å². The van der Waals surface area contributed by atoms with Crippen LogP contribution in [0.1, 0.15) is 84.5 Å². The summed E-state index contributed by atoms with van der Waals surface area (Å²) < 4.78 is 23.2. The number of carbonyl (C=O) groups excluding carboxylic acids is 1. The maximum absolute atomic E-state index is 12.6. The zero-order valence-corrected chi connectivity index (χ0v) is 29.5. The monoisotopic (exact) mass is 649 g/mol. The van der Waals surface area contributed by atoms with E-state index in [0.29, 0.717) is 17.4 Å². The maximum atomic E-state index is 12.6. The number of aliphatic hydroxyl groups is 1. The van der Waals surface area contributed by atoms with E-state index in [1.807, 2.05) is 39.4 Å². The third-order valence-corrected chi connectivity index (χ3v) is 7.36. The highest BCUT2D eigenvalue weighted by Crippen LogP contribution is 2.43. The molecule has 1 amide bonds. The Morgan fingerprint density at radius 2 is 1.31 bits per heavy atom. The average molecular weight is 650 g/mol. The molecule has 0 aromatic rings. The normalized spacial score (nSPS) is 16.0. The van der Waals surface area contributed by atoms with Crippen LogP contribution in [0.2, 0.25) is 0 Å². The van der Waals surface area contributed by atoms with Crippen LogP contribution in [0.3, 0.4) is 0 Å². The lowest BCUT2D eigenvalue weighted by Gasteiger charge is -2.25. The van der Waals surface area contributed by atoms with Gasteiger partial charge in [0.25, 0.3) is 0 Å². The molecule has 8 nitrogen and oxygen atoms in total. The quantitative estimate of drug-likeness (QED) is 0.0362. The highest BCUT2D eigenvalue weighted by Gasteiger charge is 2.27. The van der Waals surface area contributed by atoms with Gasteiger partial charge in [-0.1, -0.05) is 112 Å². The van der Waals surface area contributed by atoms with Gasteiger partial charge in [0.2, 0.25) is 5.91 Å². The average Bonchev–Trinajstić information content (AvgIpc) is 2.97. The Hall–Kier alpha value is -2.32. The molecule has 0 aliphatic rings. The van der Waals surface area contributed by atoms with E-state index in [1.165, 1.54) is 6.42 Å². The number of nitrogens with one attached hydrogen (secondary N) is 1. The first-order valence-corrected chi connectivity index (χ1v) is 18.0. The van der Waals surface area contributed by atoms with E-state index in [-0.39, 0.29) is 25.5 Å². The molecule has 3 atom stereocenters. The lowest BCUT2D eigenvalue weighted by atomic mass is 10.1. The zero-order chi connectivity index (χ0) is 33.7. The van der Waals surface area contributed by atoms with Crippen LogP contribution in [0.5, 0.6) is 0 Å². The lowest BCUT2D eigenvalue weighted by Crippen LogP contribution is -2.45. The van der Waals surface area contributed by atoms with E-state index in [2.05, 4.69) is 73.8 Å². The van der Waals surface area contributed by atoms with Crippen molar-refractivity contribution < 1.29 is 32.9 Å². The van der Waals surface area contributed by atoms with E-state index < -0.39 is 20.0 Å². The molecule has 0 saturated heterocycles. The summed E-state index contributed by atoms with van der Waals surface area (Å²) in [6, 6.07) is -0.918. The van der Waals surface area contributed by atoms with Crippen LogP contribution >= 0.6 is 7.82 Å².